The quantitative estimate of drug-likeness (QED) is 0.400. The Bertz CT molecular complexity index is 1390. The number of hydrogen-bond acceptors (Lipinski definition) is 6. The van der Waals surface area contributed by atoms with Gasteiger partial charge in [0.1, 0.15) is 5.75 Å². The van der Waals surface area contributed by atoms with Crippen molar-refractivity contribution in [2.75, 3.05) is 11.9 Å². The fraction of sp³-hybridized carbons (Fsp3) is 0.0435. The minimum atomic E-state index is -3.64. The highest BCUT2D eigenvalue weighted by molar-refractivity contribution is 7.91. The third kappa shape index (κ3) is 5.24. The number of amides is 1. The summed E-state index contributed by atoms with van der Waals surface area (Å²) in [7, 11) is -3.64. The molecule has 33 heavy (non-hydrogen) atoms. The lowest BCUT2D eigenvalue weighted by Gasteiger charge is -2.08. The lowest BCUT2D eigenvalue weighted by molar-refractivity contribution is -0.118. The van der Waals surface area contributed by atoms with Crippen LogP contribution >= 0.6 is 11.3 Å². The van der Waals surface area contributed by atoms with Gasteiger partial charge in [0.05, 0.1) is 15.5 Å². The summed E-state index contributed by atoms with van der Waals surface area (Å²) in [5.41, 5.74) is 0.776. The Balaban J connectivity index is 1.35. The van der Waals surface area contributed by atoms with Gasteiger partial charge in [0.25, 0.3) is 5.91 Å². The maximum Gasteiger partial charge on any atom is 0.264 e. The minimum absolute atomic E-state index is 0.109. The van der Waals surface area contributed by atoms with Gasteiger partial charge in [-0.15, -0.1) is 11.3 Å². The van der Waals surface area contributed by atoms with Gasteiger partial charge < -0.3 is 4.74 Å². The molecule has 6 nitrogen and oxygen atoms in total. The zero-order valence-electron chi connectivity index (χ0n) is 16.9. The first-order chi connectivity index (χ1) is 15.8. The number of nitrogens with one attached hydrogen (secondary N) is 1. The molecule has 1 aromatic heterocycles. The summed E-state index contributed by atoms with van der Waals surface area (Å²) in [5, 5.41) is 4.44. The van der Waals surface area contributed by atoms with Crippen LogP contribution in [0.5, 0.6) is 5.75 Å². The Morgan fingerprint density at radius 2 is 1.64 bits per heavy atom. The van der Waals surface area contributed by atoms with E-state index in [9.17, 15) is 22.0 Å². The molecule has 0 fully saturated rings. The molecule has 0 saturated heterocycles. The van der Waals surface area contributed by atoms with Crippen LogP contribution in [0.1, 0.15) is 0 Å². The zero-order valence-corrected chi connectivity index (χ0v) is 18.5. The van der Waals surface area contributed by atoms with Gasteiger partial charge in [0.2, 0.25) is 9.84 Å². The summed E-state index contributed by atoms with van der Waals surface area (Å²) in [6.07, 6.45) is 0. The third-order valence-corrected chi connectivity index (χ3v) is 7.07. The minimum Gasteiger partial charge on any atom is -0.484 e. The Kier molecular flexibility index (Phi) is 6.47. The maximum atomic E-state index is 13.4. The molecule has 0 unspecified atom stereocenters. The zero-order chi connectivity index (χ0) is 23.4. The van der Waals surface area contributed by atoms with Crippen LogP contribution in [0.3, 0.4) is 0 Å². The Labute approximate surface area is 192 Å². The first-order valence-electron chi connectivity index (χ1n) is 9.57. The average Bonchev–Trinajstić information content (AvgIpc) is 3.29. The van der Waals surface area contributed by atoms with Gasteiger partial charge in [-0.05, 0) is 54.6 Å². The molecule has 1 amide bonds. The molecule has 0 radical (unpaired) electrons. The number of ether oxygens (including phenoxy) is 1. The summed E-state index contributed by atoms with van der Waals surface area (Å²) in [5.74, 6) is -2.10. The largest absolute Gasteiger partial charge is 0.484 e. The molecule has 3 aromatic carbocycles. The number of anilines is 1. The molecule has 168 valence electrons. The van der Waals surface area contributed by atoms with E-state index in [0.29, 0.717) is 17.0 Å². The molecule has 0 atom stereocenters. The number of sulfone groups is 1. The van der Waals surface area contributed by atoms with Gasteiger partial charge in [-0.25, -0.2) is 22.2 Å². The number of halogens is 2. The molecule has 10 heteroatoms. The van der Waals surface area contributed by atoms with Crippen molar-refractivity contribution in [2.24, 2.45) is 0 Å². The van der Waals surface area contributed by atoms with Gasteiger partial charge in [0, 0.05) is 10.9 Å². The number of hydrogen-bond donors (Lipinski definition) is 1. The van der Waals surface area contributed by atoms with E-state index < -0.39 is 27.4 Å². The number of benzene rings is 3. The average molecular weight is 487 g/mol. The number of thiazole rings is 1. The van der Waals surface area contributed by atoms with Crippen molar-refractivity contribution in [3.8, 4) is 17.0 Å². The standard InChI is InChI=1S/C23H16F2N2O4S2/c24-19-11-6-15(12-20(19)25)21-14-32-23(26-21)27-22(28)13-31-16-7-9-18(10-8-16)33(29,30)17-4-2-1-3-5-17/h1-12,14H,13H2,(H,26,27,28). The number of rotatable bonds is 7. The Morgan fingerprint density at radius 3 is 2.33 bits per heavy atom. The van der Waals surface area contributed by atoms with E-state index in [0.717, 1.165) is 23.5 Å². The molecule has 0 bridgehead atoms. The fourth-order valence-corrected chi connectivity index (χ4v) is 4.89. The van der Waals surface area contributed by atoms with E-state index in [-0.39, 0.29) is 21.5 Å². The number of nitrogens with zero attached hydrogens (tertiary/aromatic N) is 1. The molecule has 4 rings (SSSR count). The van der Waals surface area contributed by atoms with E-state index in [2.05, 4.69) is 10.3 Å². The predicted octanol–water partition coefficient (Wildman–Crippen LogP) is 4.94. The summed E-state index contributed by atoms with van der Waals surface area (Å²) in [6, 6.07) is 17.2. The predicted molar refractivity (Wildman–Crippen MR) is 120 cm³/mol. The van der Waals surface area contributed by atoms with Crippen LogP contribution in [0.4, 0.5) is 13.9 Å². The molecule has 0 aliphatic rings. The van der Waals surface area contributed by atoms with Crippen LogP contribution in [0.15, 0.2) is 88.0 Å². The Hall–Kier alpha value is -3.63. The topological polar surface area (TPSA) is 85.4 Å². The van der Waals surface area contributed by atoms with E-state index in [1.807, 2.05) is 0 Å². The normalized spacial score (nSPS) is 11.2. The smallest absolute Gasteiger partial charge is 0.264 e. The Morgan fingerprint density at radius 1 is 0.939 bits per heavy atom. The number of carbonyl (C=O) groups excluding carboxylic acids is 1. The lowest BCUT2D eigenvalue weighted by atomic mass is 10.2. The van der Waals surface area contributed by atoms with Crippen molar-refractivity contribution in [3.63, 3.8) is 0 Å². The first kappa shape index (κ1) is 22.6. The lowest BCUT2D eigenvalue weighted by Crippen LogP contribution is -2.20. The fourth-order valence-electron chi connectivity index (χ4n) is 2.87. The van der Waals surface area contributed by atoms with Crippen molar-refractivity contribution in [1.82, 2.24) is 4.98 Å². The van der Waals surface area contributed by atoms with Gasteiger partial charge in [0.15, 0.2) is 23.4 Å². The molecular formula is C23H16F2N2O4S2. The van der Waals surface area contributed by atoms with Crippen LogP contribution in [-0.2, 0) is 14.6 Å². The van der Waals surface area contributed by atoms with Crippen molar-refractivity contribution < 1.29 is 26.7 Å². The second kappa shape index (κ2) is 9.47. The van der Waals surface area contributed by atoms with E-state index in [1.165, 1.54) is 42.5 Å². The highest BCUT2D eigenvalue weighted by Gasteiger charge is 2.17. The second-order valence-corrected chi connectivity index (χ2v) is 9.60. The molecule has 0 spiro atoms. The van der Waals surface area contributed by atoms with Gasteiger partial charge >= 0.3 is 0 Å². The summed E-state index contributed by atoms with van der Waals surface area (Å²) < 4.78 is 57.1. The summed E-state index contributed by atoms with van der Waals surface area (Å²) in [6.45, 7) is -0.329. The highest BCUT2D eigenvalue weighted by Crippen LogP contribution is 2.26. The summed E-state index contributed by atoms with van der Waals surface area (Å²) >= 11 is 1.13. The molecule has 0 aliphatic heterocycles. The number of carbonyl (C=O) groups is 1. The molecular weight excluding hydrogens is 470 g/mol. The van der Waals surface area contributed by atoms with Crippen molar-refractivity contribution in [2.45, 2.75) is 9.79 Å². The maximum absolute atomic E-state index is 13.4. The third-order valence-electron chi connectivity index (χ3n) is 4.52. The van der Waals surface area contributed by atoms with Crippen molar-refractivity contribution in [1.29, 1.82) is 0 Å². The van der Waals surface area contributed by atoms with Crippen molar-refractivity contribution >= 4 is 32.2 Å². The summed E-state index contributed by atoms with van der Waals surface area (Å²) in [4.78, 5) is 16.6. The molecule has 0 aliphatic carbocycles. The molecule has 0 saturated carbocycles. The van der Waals surface area contributed by atoms with E-state index in [4.69, 9.17) is 4.74 Å². The van der Waals surface area contributed by atoms with Crippen LogP contribution < -0.4 is 10.1 Å². The van der Waals surface area contributed by atoms with Gasteiger partial charge in [-0.3, -0.25) is 10.1 Å². The van der Waals surface area contributed by atoms with Crippen molar-refractivity contribution in [3.05, 3.63) is 89.8 Å². The first-order valence-corrected chi connectivity index (χ1v) is 11.9. The second-order valence-electron chi connectivity index (χ2n) is 6.79. The van der Waals surface area contributed by atoms with Crippen LogP contribution in [0.25, 0.3) is 11.3 Å². The number of aromatic nitrogens is 1. The SMILES string of the molecule is O=C(COc1ccc(S(=O)(=O)c2ccccc2)cc1)Nc1nc(-c2ccc(F)c(F)c2)cs1. The van der Waals surface area contributed by atoms with Crippen LogP contribution in [-0.4, -0.2) is 25.9 Å². The van der Waals surface area contributed by atoms with Crippen LogP contribution in [0, 0.1) is 11.6 Å². The van der Waals surface area contributed by atoms with Crippen LogP contribution in [0.2, 0.25) is 0 Å². The molecule has 1 heterocycles. The van der Waals surface area contributed by atoms with Gasteiger partial charge in [-0.1, -0.05) is 18.2 Å². The molecule has 1 N–H and O–H groups in total. The monoisotopic (exact) mass is 486 g/mol. The van der Waals surface area contributed by atoms with E-state index in [1.54, 1.807) is 23.6 Å². The molecule has 4 aromatic rings. The highest BCUT2D eigenvalue weighted by atomic mass is 32.2. The van der Waals surface area contributed by atoms with E-state index >= 15 is 0 Å². The van der Waals surface area contributed by atoms with Gasteiger partial charge in [-0.2, -0.15) is 0 Å².